The van der Waals surface area contributed by atoms with Gasteiger partial charge in [0.15, 0.2) is 0 Å². The Morgan fingerprint density at radius 1 is 1.50 bits per heavy atom. The highest BCUT2D eigenvalue weighted by atomic mass is 79.9. The number of hydrogen-bond acceptors (Lipinski definition) is 1. The lowest BCUT2D eigenvalue weighted by atomic mass is 10.2. The number of carbonyl (C=O) groups is 1. The van der Waals surface area contributed by atoms with Gasteiger partial charge in [0.05, 0.1) is 5.56 Å². The van der Waals surface area contributed by atoms with Crippen molar-refractivity contribution in [3.05, 3.63) is 33.3 Å². The minimum absolute atomic E-state index is 0.0250. The van der Waals surface area contributed by atoms with E-state index in [1.165, 1.54) is 0 Å². The van der Waals surface area contributed by atoms with Crippen molar-refractivity contribution >= 4 is 33.4 Å². The summed E-state index contributed by atoms with van der Waals surface area (Å²) >= 11 is 9.18. The zero-order valence-corrected chi connectivity index (χ0v) is 11.8. The molecule has 4 heteroatoms. The molecule has 0 saturated carbocycles. The third-order valence-electron chi connectivity index (χ3n) is 2.36. The van der Waals surface area contributed by atoms with Crippen LogP contribution in [0.1, 0.15) is 30.1 Å². The Labute approximate surface area is 110 Å². The molecule has 88 valence electrons. The van der Waals surface area contributed by atoms with Crippen LogP contribution < -0.4 is 0 Å². The van der Waals surface area contributed by atoms with Crippen LogP contribution >= 0.6 is 27.5 Å². The maximum atomic E-state index is 12.0. The molecule has 1 aromatic rings. The quantitative estimate of drug-likeness (QED) is 0.824. The molecular formula is C12H15BrClNO. The Morgan fingerprint density at radius 3 is 2.75 bits per heavy atom. The second-order valence-corrected chi connectivity index (χ2v) is 5.00. The highest BCUT2D eigenvalue weighted by Crippen LogP contribution is 2.22. The standard InChI is InChI=1S/C12H15BrClNO/c1-3-4-7-15(2)12(16)10-6-5-9(14)8-11(10)13/h5-6,8H,3-4,7H2,1-2H3. The first-order valence-electron chi connectivity index (χ1n) is 5.26. The van der Waals surface area contributed by atoms with Crippen LogP contribution in [0.25, 0.3) is 0 Å². The van der Waals surface area contributed by atoms with Gasteiger partial charge in [-0.05, 0) is 40.5 Å². The molecule has 16 heavy (non-hydrogen) atoms. The highest BCUT2D eigenvalue weighted by molar-refractivity contribution is 9.10. The van der Waals surface area contributed by atoms with Gasteiger partial charge in [0, 0.05) is 23.1 Å². The van der Waals surface area contributed by atoms with E-state index in [4.69, 9.17) is 11.6 Å². The average molecular weight is 305 g/mol. The Balaban J connectivity index is 2.79. The van der Waals surface area contributed by atoms with Crippen molar-refractivity contribution < 1.29 is 4.79 Å². The Kier molecular flexibility index (Phi) is 5.29. The van der Waals surface area contributed by atoms with Gasteiger partial charge in [0.25, 0.3) is 5.91 Å². The van der Waals surface area contributed by atoms with E-state index in [1.807, 2.05) is 7.05 Å². The fraction of sp³-hybridized carbons (Fsp3) is 0.417. The molecule has 0 saturated heterocycles. The van der Waals surface area contributed by atoms with Crippen molar-refractivity contribution in [1.82, 2.24) is 4.90 Å². The normalized spacial score (nSPS) is 10.2. The van der Waals surface area contributed by atoms with E-state index in [-0.39, 0.29) is 5.91 Å². The molecule has 2 nitrogen and oxygen atoms in total. The monoisotopic (exact) mass is 303 g/mol. The van der Waals surface area contributed by atoms with E-state index in [0.717, 1.165) is 23.9 Å². The molecule has 0 unspecified atom stereocenters. The molecular weight excluding hydrogens is 289 g/mol. The molecule has 0 atom stereocenters. The van der Waals surface area contributed by atoms with Gasteiger partial charge >= 0.3 is 0 Å². The number of benzene rings is 1. The number of nitrogens with zero attached hydrogens (tertiary/aromatic N) is 1. The smallest absolute Gasteiger partial charge is 0.254 e. The molecule has 1 aromatic carbocycles. The van der Waals surface area contributed by atoms with Gasteiger partial charge in [-0.15, -0.1) is 0 Å². The first kappa shape index (κ1) is 13.5. The zero-order valence-electron chi connectivity index (χ0n) is 9.46. The van der Waals surface area contributed by atoms with Crippen molar-refractivity contribution in [2.24, 2.45) is 0 Å². The highest BCUT2D eigenvalue weighted by Gasteiger charge is 2.14. The third kappa shape index (κ3) is 3.49. The van der Waals surface area contributed by atoms with Gasteiger partial charge in [-0.25, -0.2) is 0 Å². The van der Waals surface area contributed by atoms with E-state index >= 15 is 0 Å². The van der Waals surface area contributed by atoms with E-state index in [9.17, 15) is 4.79 Å². The van der Waals surface area contributed by atoms with Crippen LogP contribution in [0.2, 0.25) is 5.02 Å². The summed E-state index contributed by atoms with van der Waals surface area (Å²) in [5.41, 5.74) is 0.656. The van der Waals surface area contributed by atoms with Gasteiger partial charge in [0.1, 0.15) is 0 Å². The largest absolute Gasteiger partial charge is 0.342 e. The van der Waals surface area contributed by atoms with Gasteiger partial charge in [0.2, 0.25) is 0 Å². The summed E-state index contributed by atoms with van der Waals surface area (Å²) in [7, 11) is 1.82. The maximum Gasteiger partial charge on any atom is 0.254 e. The van der Waals surface area contributed by atoms with Crippen LogP contribution in [0, 0.1) is 0 Å². The first-order chi connectivity index (χ1) is 7.56. The fourth-order valence-electron chi connectivity index (χ4n) is 1.37. The first-order valence-corrected chi connectivity index (χ1v) is 6.44. The number of hydrogen-bond donors (Lipinski definition) is 0. The van der Waals surface area contributed by atoms with Gasteiger partial charge < -0.3 is 4.90 Å². The molecule has 0 aliphatic carbocycles. The summed E-state index contributed by atoms with van der Waals surface area (Å²) in [5.74, 6) is 0.0250. The summed E-state index contributed by atoms with van der Waals surface area (Å²) < 4.78 is 0.744. The molecule has 1 rings (SSSR count). The minimum atomic E-state index is 0.0250. The predicted molar refractivity (Wildman–Crippen MR) is 71.0 cm³/mol. The number of amides is 1. The lowest BCUT2D eigenvalue weighted by Gasteiger charge is -2.17. The molecule has 0 aliphatic heterocycles. The topological polar surface area (TPSA) is 20.3 Å². The zero-order chi connectivity index (χ0) is 12.1. The summed E-state index contributed by atoms with van der Waals surface area (Å²) in [6.45, 7) is 2.89. The number of rotatable bonds is 4. The van der Waals surface area contributed by atoms with E-state index < -0.39 is 0 Å². The SMILES string of the molecule is CCCCN(C)C(=O)c1ccc(Cl)cc1Br. The molecule has 0 bridgehead atoms. The lowest BCUT2D eigenvalue weighted by Crippen LogP contribution is -2.27. The second kappa shape index (κ2) is 6.26. The molecule has 0 heterocycles. The van der Waals surface area contributed by atoms with E-state index in [2.05, 4.69) is 22.9 Å². The summed E-state index contributed by atoms with van der Waals surface area (Å²) in [5, 5.41) is 0.625. The Bertz CT molecular complexity index is 381. The van der Waals surface area contributed by atoms with Crippen LogP contribution in [0.5, 0.6) is 0 Å². The Hall–Kier alpha value is -0.540. The predicted octanol–water partition coefficient (Wildman–Crippen LogP) is 3.97. The second-order valence-electron chi connectivity index (χ2n) is 3.70. The van der Waals surface area contributed by atoms with Crippen LogP contribution in [0.15, 0.2) is 22.7 Å². The van der Waals surface area contributed by atoms with Crippen molar-refractivity contribution in [2.75, 3.05) is 13.6 Å². The summed E-state index contributed by atoms with van der Waals surface area (Å²) in [6.07, 6.45) is 2.10. The van der Waals surface area contributed by atoms with E-state index in [0.29, 0.717) is 10.6 Å². The number of unbranched alkanes of at least 4 members (excludes halogenated alkanes) is 1. The molecule has 0 aromatic heterocycles. The maximum absolute atomic E-state index is 12.0. The van der Waals surface area contributed by atoms with Gasteiger partial charge in [-0.2, -0.15) is 0 Å². The van der Waals surface area contributed by atoms with Crippen LogP contribution in [-0.4, -0.2) is 24.4 Å². The van der Waals surface area contributed by atoms with Crippen LogP contribution in [0.4, 0.5) is 0 Å². The van der Waals surface area contributed by atoms with Crippen molar-refractivity contribution in [2.45, 2.75) is 19.8 Å². The lowest BCUT2D eigenvalue weighted by molar-refractivity contribution is 0.0792. The fourth-order valence-corrected chi connectivity index (χ4v) is 2.22. The third-order valence-corrected chi connectivity index (χ3v) is 3.25. The molecule has 0 radical (unpaired) electrons. The molecule has 0 N–H and O–H groups in total. The number of halogens is 2. The average Bonchev–Trinajstić information content (AvgIpc) is 2.25. The molecule has 1 amide bonds. The summed E-state index contributed by atoms with van der Waals surface area (Å²) in [6, 6.07) is 5.22. The molecule has 0 fully saturated rings. The van der Waals surface area contributed by atoms with Crippen molar-refractivity contribution in [3.8, 4) is 0 Å². The van der Waals surface area contributed by atoms with Gasteiger partial charge in [-0.3, -0.25) is 4.79 Å². The number of carbonyl (C=O) groups excluding carboxylic acids is 1. The van der Waals surface area contributed by atoms with Gasteiger partial charge in [-0.1, -0.05) is 24.9 Å². The van der Waals surface area contributed by atoms with Crippen molar-refractivity contribution in [1.29, 1.82) is 0 Å². The van der Waals surface area contributed by atoms with E-state index in [1.54, 1.807) is 23.1 Å². The molecule has 0 spiro atoms. The van der Waals surface area contributed by atoms with Crippen molar-refractivity contribution in [3.63, 3.8) is 0 Å². The van der Waals surface area contributed by atoms with Crippen LogP contribution in [0.3, 0.4) is 0 Å². The Morgan fingerprint density at radius 2 is 2.19 bits per heavy atom. The molecule has 0 aliphatic rings. The summed E-state index contributed by atoms with van der Waals surface area (Å²) in [4.78, 5) is 13.8. The minimum Gasteiger partial charge on any atom is -0.342 e. The van der Waals surface area contributed by atoms with Crippen LogP contribution in [-0.2, 0) is 0 Å².